The molecule has 0 radical (unpaired) electrons. The van der Waals surface area contributed by atoms with Crippen LogP contribution in [0.15, 0.2) is 48.5 Å². The Hall–Kier alpha value is -2.91. The summed E-state index contributed by atoms with van der Waals surface area (Å²) in [6, 6.07) is 13.6. The summed E-state index contributed by atoms with van der Waals surface area (Å²) in [5.74, 6) is 0.0469. The number of benzene rings is 2. The van der Waals surface area contributed by atoms with Crippen LogP contribution in [-0.4, -0.2) is 16.8 Å². The van der Waals surface area contributed by atoms with Crippen molar-refractivity contribution in [2.45, 2.75) is 0 Å². The summed E-state index contributed by atoms with van der Waals surface area (Å²) in [5.41, 5.74) is 1.40. The summed E-state index contributed by atoms with van der Waals surface area (Å²) in [5, 5.41) is 18.9. The summed E-state index contributed by atoms with van der Waals surface area (Å²) < 4.78 is 52.5. The normalized spacial score (nSPS) is 12.3. The van der Waals surface area contributed by atoms with Gasteiger partial charge in [-0.1, -0.05) is 12.1 Å². The Balaban J connectivity index is 2.23. The maximum atomic E-state index is 10.9. The van der Waals surface area contributed by atoms with Crippen LogP contribution in [0.5, 0.6) is 11.5 Å². The zero-order chi connectivity index (χ0) is 19.4. The SMILES string of the molecule is N#C/C(=C\c1ccc(OS(N)(=O)=O)cc1)c1ccc(OS(N)(=O)=O)cc1. The third kappa shape index (κ3) is 6.19. The van der Waals surface area contributed by atoms with Gasteiger partial charge in [0.2, 0.25) is 0 Å². The van der Waals surface area contributed by atoms with Gasteiger partial charge in [-0.2, -0.15) is 32.4 Å². The van der Waals surface area contributed by atoms with E-state index in [1.54, 1.807) is 6.08 Å². The van der Waals surface area contributed by atoms with Crippen molar-refractivity contribution >= 4 is 32.3 Å². The zero-order valence-corrected chi connectivity index (χ0v) is 14.7. The van der Waals surface area contributed by atoms with Gasteiger partial charge < -0.3 is 8.37 Å². The summed E-state index contributed by atoms with van der Waals surface area (Å²) in [4.78, 5) is 0. The van der Waals surface area contributed by atoms with Gasteiger partial charge in [0.25, 0.3) is 0 Å². The largest absolute Gasteiger partial charge is 0.380 e. The van der Waals surface area contributed by atoms with Crippen LogP contribution in [0.2, 0.25) is 0 Å². The van der Waals surface area contributed by atoms with E-state index < -0.39 is 20.6 Å². The standard InChI is InChI=1S/C15H13N3O6S2/c16-10-13(12-3-7-15(8-4-12)24-26(18,21)22)9-11-1-5-14(6-2-11)23-25(17,19)20/h1-9H,(H2,17,19,20)(H2,18,21,22)/b13-9+. The molecule has 0 saturated heterocycles. The molecule has 0 unspecified atom stereocenters. The van der Waals surface area contributed by atoms with E-state index >= 15 is 0 Å². The van der Waals surface area contributed by atoms with Gasteiger partial charge in [0.15, 0.2) is 0 Å². The molecule has 136 valence electrons. The van der Waals surface area contributed by atoms with Crippen LogP contribution in [0.4, 0.5) is 0 Å². The molecule has 26 heavy (non-hydrogen) atoms. The van der Waals surface area contributed by atoms with Crippen molar-refractivity contribution < 1.29 is 25.2 Å². The van der Waals surface area contributed by atoms with Crippen molar-refractivity contribution in [1.29, 1.82) is 5.26 Å². The second-order valence-corrected chi connectivity index (χ2v) is 7.22. The number of hydrogen-bond acceptors (Lipinski definition) is 7. The van der Waals surface area contributed by atoms with Gasteiger partial charge in [0.1, 0.15) is 11.5 Å². The average Bonchev–Trinajstić information content (AvgIpc) is 2.52. The molecule has 9 nitrogen and oxygen atoms in total. The maximum Gasteiger partial charge on any atom is 0.380 e. The quantitative estimate of drug-likeness (QED) is 0.542. The Morgan fingerprint density at radius 1 is 0.846 bits per heavy atom. The highest BCUT2D eigenvalue weighted by atomic mass is 32.2. The molecule has 11 heteroatoms. The van der Waals surface area contributed by atoms with E-state index in [2.05, 4.69) is 8.37 Å². The molecule has 0 aliphatic rings. The number of allylic oxidation sites excluding steroid dienone is 1. The van der Waals surface area contributed by atoms with Crippen LogP contribution in [-0.2, 0) is 20.6 Å². The molecule has 0 aliphatic heterocycles. The first-order valence-corrected chi connectivity index (χ1v) is 9.77. The summed E-state index contributed by atoms with van der Waals surface area (Å²) in [6.07, 6.45) is 1.55. The van der Waals surface area contributed by atoms with E-state index in [0.29, 0.717) is 11.1 Å². The number of nitriles is 1. The smallest absolute Gasteiger partial charge is 0.371 e. The van der Waals surface area contributed by atoms with E-state index in [1.807, 2.05) is 6.07 Å². The summed E-state index contributed by atoms with van der Waals surface area (Å²) in [7, 11) is -8.23. The Bertz CT molecular complexity index is 1070. The van der Waals surface area contributed by atoms with Gasteiger partial charge in [-0.3, -0.25) is 0 Å². The number of nitrogens with two attached hydrogens (primary N) is 2. The zero-order valence-electron chi connectivity index (χ0n) is 13.1. The van der Waals surface area contributed by atoms with Crippen molar-refractivity contribution in [3.05, 3.63) is 59.7 Å². The minimum Gasteiger partial charge on any atom is -0.371 e. The molecule has 2 aromatic carbocycles. The van der Waals surface area contributed by atoms with E-state index in [1.165, 1.54) is 48.5 Å². The number of rotatable bonds is 6. The topological polar surface area (TPSA) is 163 Å². The Morgan fingerprint density at radius 2 is 1.27 bits per heavy atom. The van der Waals surface area contributed by atoms with Gasteiger partial charge in [0, 0.05) is 0 Å². The van der Waals surface area contributed by atoms with Gasteiger partial charge >= 0.3 is 20.6 Å². The highest BCUT2D eigenvalue weighted by molar-refractivity contribution is 7.85. The van der Waals surface area contributed by atoms with Crippen LogP contribution in [0, 0.1) is 11.3 Å². The van der Waals surface area contributed by atoms with E-state index in [-0.39, 0.29) is 17.1 Å². The van der Waals surface area contributed by atoms with Crippen LogP contribution < -0.4 is 18.6 Å². The van der Waals surface area contributed by atoms with Gasteiger partial charge in [0.05, 0.1) is 11.6 Å². The fourth-order valence-electron chi connectivity index (χ4n) is 1.92. The van der Waals surface area contributed by atoms with Crippen molar-refractivity contribution in [2.24, 2.45) is 10.3 Å². The third-order valence-electron chi connectivity index (χ3n) is 2.90. The molecule has 0 atom stereocenters. The van der Waals surface area contributed by atoms with Crippen LogP contribution in [0.1, 0.15) is 11.1 Å². The lowest BCUT2D eigenvalue weighted by Gasteiger charge is -2.05. The molecule has 2 aromatic rings. The molecule has 0 aromatic heterocycles. The number of nitrogens with zero attached hydrogens (tertiary/aromatic N) is 1. The molecule has 0 heterocycles. The molecule has 0 fully saturated rings. The molecule has 0 aliphatic carbocycles. The van der Waals surface area contributed by atoms with Crippen LogP contribution in [0.3, 0.4) is 0 Å². The van der Waals surface area contributed by atoms with Crippen LogP contribution >= 0.6 is 0 Å². The fourth-order valence-corrected chi connectivity index (χ4v) is 2.68. The summed E-state index contributed by atoms with van der Waals surface area (Å²) in [6.45, 7) is 0. The van der Waals surface area contributed by atoms with E-state index in [0.717, 1.165) is 0 Å². The van der Waals surface area contributed by atoms with Crippen molar-refractivity contribution in [1.82, 2.24) is 0 Å². The second kappa shape index (κ2) is 7.54. The molecule has 2 rings (SSSR count). The van der Waals surface area contributed by atoms with Gasteiger partial charge in [-0.25, -0.2) is 0 Å². The van der Waals surface area contributed by atoms with Crippen molar-refractivity contribution in [3.63, 3.8) is 0 Å². The lowest BCUT2D eigenvalue weighted by molar-refractivity contribution is 0.486. The fraction of sp³-hybridized carbons (Fsp3) is 0. The second-order valence-electron chi connectivity index (χ2n) is 4.92. The monoisotopic (exact) mass is 395 g/mol. The highest BCUT2D eigenvalue weighted by Crippen LogP contribution is 2.22. The Labute approximate surface area is 150 Å². The molecule has 0 amide bonds. The minimum atomic E-state index is -4.12. The molecular formula is C15H13N3O6S2. The number of hydrogen-bond donors (Lipinski definition) is 2. The van der Waals surface area contributed by atoms with Crippen molar-refractivity contribution in [2.75, 3.05) is 0 Å². The van der Waals surface area contributed by atoms with Crippen molar-refractivity contribution in [3.8, 4) is 17.6 Å². The van der Waals surface area contributed by atoms with E-state index in [9.17, 15) is 22.1 Å². The third-order valence-corrected chi connectivity index (χ3v) is 3.75. The average molecular weight is 395 g/mol. The summed E-state index contributed by atoms with van der Waals surface area (Å²) >= 11 is 0. The first-order valence-electron chi connectivity index (χ1n) is 6.82. The molecule has 4 N–H and O–H groups in total. The minimum absolute atomic E-state index is 0.0121. The first kappa shape index (κ1) is 19.4. The van der Waals surface area contributed by atoms with Crippen LogP contribution in [0.25, 0.3) is 11.6 Å². The Kier molecular flexibility index (Phi) is 5.63. The molecule has 0 saturated carbocycles. The predicted octanol–water partition coefficient (Wildman–Crippen LogP) is 0.915. The molecule has 0 bridgehead atoms. The van der Waals surface area contributed by atoms with Gasteiger partial charge in [-0.15, -0.1) is 0 Å². The van der Waals surface area contributed by atoms with E-state index in [4.69, 9.17) is 10.3 Å². The predicted molar refractivity (Wildman–Crippen MR) is 93.8 cm³/mol. The van der Waals surface area contributed by atoms with Gasteiger partial charge in [-0.05, 0) is 53.6 Å². The lowest BCUT2D eigenvalue weighted by Crippen LogP contribution is -2.18. The highest BCUT2D eigenvalue weighted by Gasteiger charge is 2.07. The Morgan fingerprint density at radius 3 is 1.65 bits per heavy atom. The molecular weight excluding hydrogens is 382 g/mol. The lowest BCUT2D eigenvalue weighted by atomic mass is 10.0. The molecule has 0 spiro atoms. The first-order chi connectivity index (χ1) is 12.1. The maximum absolute atomic E-state index is 10.9.